The van der Waals surface area contributed by atoms with Gasteiger partial charge in [0.1, 0.15) is 0 Å². The lowest BCUT2D eigenvalue weighted by Crippen LogP contribution is -2.31. The van der Waals surface area contributed by atoms with E-state index in [1.807, 2.05) is 0 Å². The van der Waals surface area contributed by atoms with Crippen LogP contribution >= 0.6 is 0 Å². The van der Waals surface area contributed by atoms with Gasteiger partial charge in [-0.1, -0.05) is 12.1 Å². The fourth-order valence-corrected chi connectivity index (χ4v) is 1.62. The highest BCUT2D eigenvalue weighted by atomic mass is 16.2. The number of benzene rings is 1. The largest absolute Gasteiger partial charge is 0.398 e. The smallest absolute Gasteiger partial charge is 0.253 e. The molecule has 0 aromatic heterocycles. The van der Waals surface area contributed by atoms with Gasteiger partial charge < -0.3 is 16.4 Å². The predicted molar refractivity (Wildman–Crippen MR) is 69.0 cm³/mol. The average molecular weight is 247 g/mol. The Hall–Kier alpha value is -2.04. The number of rotatable bonds is 5. The van der Waals surface area contributed by atoms with Gasteiger partial charge in [-0.3, -0.25) is 9.59 Å². The number of nitrogens with one attached hydrogen (secondary N) is 2. The molecule has 2 amide bonds. The average Bonchev–Trinajstić information content (AvgIpc) is 3.13. The lowest BCUT2D eigenvalue weighted by molar-refractivity contribution is -0.121. The normalized spacial score (nSPS) is 14.0. The molecule has 0 atom stereocenters. The molecule has 4 N–H and O–H groups in total. The van der Waals surface area contributed by atoms with E-state index in [1.54, 1.807) is 24.3 Å². The van der Waals surface area contributed by atoms with Crippen molar-refractivity contribution in [3.8, 4) is 0 Å². The topological polar surface area (TPSA) is 84.2 Å². The molecule has 5 heteroatoms. The third-order valence-corrected chi connectivity index (χ3v) is 2.79. The van der Waals surface area contributed by atoms with E-state index in [2.05, 4.69) is 10.6 Å². The first-order valence-electron chi connectivity index (χ1n) is 6.09. The first-order chi connectivity index (χ1) is 8.66. The first-order valence-corrected chi connectivity index (χ1v) is 6.09. The molecule has 1 saturated carbocycles. The van der Waals surface area contributed by atoms with Crippen LogP contribution in [0.1, 0.15) is 29.6 Å². The second kappa shape index (κ2) is 5.53. The number of anilines is 1. The SMILES string of the molecule is Nc1ccccc1C(=O)NCCC(=O)NC1CC1. The van der Waals surface area contributed by atoms with Crippen LogP contribution in [0.5, 0.6) is 0 Å². The molecule has 0 aliphatic heterocycles. The van der Waals surface area contributed by atoms with E-state index in [0.29, 0.717) is 30.3 Å². The van der Waals surface area contributed by atoms with Crippen LogP contribution in [-0.4, -0.2) is 24.4 Å². The zero-order valence-corrected chi connectivity index (χ0v) is 10.1. The number of hydrogen-bond donors (Lipinski definition) is 3. The van der Waals surface area contributed by atoms with Crippen LogP contribution in [0, 0.1) is 0 Å². The van der Waals surface area contributed by atoms with Gasteiger partial charge in [0.15, 0.2) is 0 Å². The molecule has 2 rings (SSSR count). The summed E-state index contributed by atoms with van der Waals surface area (Å²) in [5, 5.41) is 5.55. The van der Waals surface area contributed by atoms with Crippen LogP contribution < -0.4 is 16.4 Å². The van der Waals surface area contributed by atoms with E-state index < -0.39 is 0 Å². The number of hydrogen-bond acceptors (Lipinski definition) is 3. The fourth-order valence-electron chi connectivity index (χ4n) is 1.62. The Morgan fingerprint density at radius 2 is 2.00 bits per heavy atom. The number of amides is 2. The number of nitrogens with two attached hydrogens (primary N) is 1. The number of nitrogen functional groups attached to an aromatic ring is 1. The highest BCUT2D eigenvalue weighted by Crippen LogP contribution is 2.18. The number of carbonyl (C=O) groups excluding carboxylic acids is 2. The molecule has 0 spiro atoms. The molecule has 1 aromatic rings. The molecule has 1 aliphatic rings. The van der Waals surface area contributed by atoms with E-state index in [0.717, 1.165) is 12.8 Å². The Labute approximate surface area is 106 Å². The molecule has 1 fully saturated rings. The summed E-state index contributed by atoms with van der Waals surface area (Å²) in [4.78, 5) is 23.2. The van der Waals surface area contributed by atoms with Gasteiger partial charge in [-0.05, 0) is 25.0 Å². The van der Waals surface area contributed by atoms with Crippen LogP contribution in [0.15, 0.2) is 24.3 Å². The van der Waals surface area contributed by atoms with Crippen molar-refractivity contribution in [3.05, 3.63) is 29.8 Å². The maximum absolute atomic E-state index is 11.8. The zero-order valence-electron chi connectivity index (χ0n) is 10.1. The van der Waals surface area contributed by atoms with Crippen molar-refractivity contribution in [1.29, 1.82) is 0 Å². The summed E-state index contributed by atoms with van der Waals surface area (Å²) >= 11 is 0. The van der Waals surface area contributed by atoms with Gasteiger partial charge in [0.25, 0.3) is 5.91 Å². The van der Waals surface area contributed by atoms with Gasteiger partial charge in [0.2, 0.25) is 5.91 Å². The highest BCUT2D eigenvalue weighted by Gasteiger charge is 2.22. The van der Waals surface area contributed by atoms with Gasteiger partial charge in [0, 0.05) is 24.7 Å². The van der Waals surface area contributed by atoms with Crippen molar-refractivity contribution in [2.45, 2.75) is 25.3 Å². The summed E-state index contributed by atoms with van der Waals surface area (Å²) in [6, 6.07) is 7.22. The molecule has 5 nitrogen and oxygen atoms in total. The molecule has 0 bridgehead atoms. The van der Waals surface area contributed by atoms with Crippen molar-refractivity contribution < 1.29 is 9.59 Å². The Morgan fingerprint density at radius 1 is 1.28 bits per heavy atom. The lowest BCUT2D eigenvalue weighted by atomic mass is 10.1. The molecule has 1 aromatic carbocycles. The lowest BCUT2D eigenvalue weighted by Gasteiger charge is -2.07. The molecular weight excluding hydrogens is 230 g/mol. The summed E-state index contributed by atoms with van der Waals surface area (Å²) in [7, 11) is 0. The molecule has 1 aliphatic carbocycles. The first kappa shape index (κ1) is 12.4. The molecule has 96 valence electrons. The van der Waals surface area contributed by atoms with Crippen LogP contribution in [0.4, 0.5) is 5.69 Å². The van der Waals surface area contributed by atoms with Crippen molar-refractivity contribution in [2.75, 3.05) is 12.3 Å². The second-order valence-electron chi connectivity index (χ2n) is 4.43. The van der Waals surface area contributed by atoms with Crippen molar-refractivity contribution in [2.24, 2.45) is 0 Å². The minimum Gasteiger partial charge on any atom is -0.398 e. The van der Waals surface area contributed by atoms with Gasteiger partial charge in [-0.25, -0.2) is 0 Å². The summed E-state index contributed by atoms with van der Waals surface area (Å²) in [5.41, 5.74) is 6.57. The van der Waals surface area contributed by atoms with E-state index in [-0.39, 0.29) is 11.8 Å². The highest BCUT2D eigenvalue weighted by molar-refractivity contribution is 5.99. The minimum absolute atomic E-state index is 0.0150. The third kappa shape index (κ3) is 3.48. The van der Waals surface area contributed by atoms with Crippen LogP contribution in [-0.2, 0) is 4.79 Å². The van der Waals surface area contributed by atoms with E-state index in [4.69, 9.17) is 5.73 Å². The van der Waals surface area contributed by atoms with Crippen LogP contribution in [0.25, 0.3) is 0 Å². The summed E-state index contributed by atoms with van der Waals surface area (Å²) in [5.74, 6) is -0.258. The maximum Gasteiger partial charge on any atom is 0.253 e. The third-order valence-electron chi connectivity index (χ3n) is 2.79. The quantitative estimate of drug-likeness (QED) is 0.668. The maximum atomic E-state index is 11.8. The van der Waals surface area contributed by atoms with E-state index in [9.17, 15) is 9.59 Å². The molecule has 0 heterocycles. The monoisotopic (exact) mass is 247 g/mol. The summed E-state index contributed by atoms with van der Waals surface area (Å²) in [6.07, 6.45) is 2.44. The number of para-hydroxylation sites is 1. The van der Waals surface area contributed by atoms with Crippen molar-refractivity contribution >= 4 is 17.5 Å². The Bertz CT molecular complexity index is 455. The van der Waals surface area contributed by atoms with Crippen molar-refractivity contribution in [3.63, 3.8) is 0 Å². The molecule has 0 radical (unpaired) electrons. The predicted octanol–water partition coefficient (Wildman–Crippen LogP) is 0.667. The molecule has 18 heavy (non-hydrogen) atoms. The Kier molecular flexibility index (Phi) is 3.82. The molecular formula is C13H17N3O2. The van der Waals surface area contributed by atoms with Gasteiger partial charge in [0.05, 0.1) is 5.56 Å². The number of carbonyl (C=O) groups is 2. The Balaban J connectivity index is 1.74. The fraction of sp³-hybridized carbons (Fsp3) is 0.385. The molecule has 0 unspecified atom stereocenters. The summed E-state index contributed by atoms with van der Waals surface area (Å²) in [6.45, 7) is 0.325. The van der Waals surface area contributed by atoms with E-state index in [1.165, 1.54) is 0 Å². The zero-order chi connectivity index (χ0) is 13.0. The van der Waals surface area contributed by atoms with Gasteiger partial charge in [-0.2, -0.15) is 0 Å². The Morgan fingerprint density at radius 3 is 2.67 bits per heavy atom. The van der Waals surface area contributed by atoms with Gasteiger partial charge in [-0.15, -0.1) is 0 Å². The van der Waals surface area contributed by atoms with E-state index >= 15 is 0 Å². The standard InChI is InChI=1S/C13H17N3O2/c14-11-4-2-1-3-10(11)13(18)15-8-7-12(17)16-9-5-6-9/h1-4,9H,5-8,14H2,(H,15,18)(H,16,17). The second-order valence-corrected chi connectivity index (χ2v) is 4.43. The van der Waals surface area contributed by atoms with Gasteiger partial charge >= 0.3 is 0 Å². The summed E-state index contributed by atoms with van der Waals surface area (Å²) < 4.78 is 0. The van der Waals surface area contributed by atoms with Crippen LogP contribution in [0.3, 0.4) is 0 Å². The van der Waals surface area contributed by atoms with Crippen LogP contribution in [0.2, 0.25) is 0 Å². The molecule has 0 saturated heterocycles. The van der Waals surface area contributed by atoms with Crippen molar-refractivity contribution in [1.82, 2.24) is 10.6 Å². The minimum atomic E-state index is -0.243.